The van der Waals surface area contributed by atoms with Gasteiger partial charge in [-0.1, -0.05) is 42.6 Å². The second-order valence-corrected chi connectivity index (χ2v) is 6.25. The molecule has 2 aromatic rings. The molecule has 106 valence electrons. The van der Waals surface area contributed by atoms with Gasteiger partial charge in [-0.3, -0.25) is 4.79 Å². The zero-order valence-electron chi connectivity index (χ0n) is 11.2. The Morgan fingerprint density at radius 1 is 1.35 bits per heavy atom. The van der Waals surface area contributed by atoms with Crippen molar-refractivity contribution in [2.24, 2.45) is 0 Å². The Morgan fingerprint density at radius 3 is 2.70 bits per heavy atom. The summed E-state index contributed by atoms with van der Waals surface area (Å²) in [6, 6.07) is 5.45. The molecule has 0 aliphatic rings. The molecule has 0 atom stereocenters. The van der Waals surface area contributed by atoms with Gasteiger partial charge in [0, 0.05) is 17.4 Å². The van der Waals surface area contributed by atoms with Crippen LogP contribution in [-0.4, -0.2) is 10.9 Å². The van der Waals surface area contributed by atoms with Gasteiger partial charge in [-0.15, -0.1) is 11.3 Å². The van der Waals surface area contributed by atoms with Crippen LogP contribution >= 0.6 is 34.5 Å². The first-order valence-corrected chi connectivity index (χ1v) is 7.81. The number of amides is 1. The number of hydrogen-bond acceptors (Lipinski definition) is 3. The van der Waals surface area contributed by atoms with Crippen LogP contribution in [0.15, 0.2) is 18.2 Å². The van der Waals surface area contributed by atoms with E-state index in [1.165, 1.54) is 18.3 Å². The van der Waals surface area contributed by atoms with Crippen molar-refractivity contribution in [3.8, 4) is 11.3 Å². The largest absolute Gasteiger partial charge is 0.302 e. The molecule has 2 rings (SSSR count). The van der Waals surface area contributed by atoms with Gasteiger partial charge in [0.15, 0.2) is 5.13 Å². The minimum Gasteiger partial charge on any atom is -0.302 e. The van der Waals surface area contributed by atoms with E-state index < -0.39 is 0 Å². The highest BCUT2D eigenvalue weighted by Crippen LogP contribution is 2.35. The molecule has 0 saturated heterocycles. The van der Waals surface area contributed by atoms with E-state index in [0.29, 0.717) is 15.2 Å². The van der Waals surface area contributed by atoms with Crippen molar-refractivity contribution in [3.63, 3.8) is 0 Å². The highest BCUT2D eigenvalue weighted by atomic mass is 35.5. The number of aromatic nitrogens is 1. The maximum atomic E-state index is 11.1. The van der Waals surface area contributed by atoms with Gasteiger partial charge in [0.05, 0.1) is 15.7 Å². The maximum Gasteiger partial charge on any atom is 0.223 e. The number of thiazole rings is 1. The van der Waals surface area contributed by atoms with Gasteiger partial charge < -0.3 is 5.32 Å². The molecular weight excluding hydrogens is 315 g/mol. The Balaban J connectivity index is 2.44. The molecule has 1 heterocycles. The Hall–Kier alpha value is -1.10. The van der Waals surface area contributed by atoms with Crippen molar-refractivity contribution in [2.75, 3.05) is 5.32 Å². The molecule has 6 heteroatoms. The number of carbonyl (C=O) groups excluding carboxylic acids is 1. The number of carbonyl (C=O) groups is 1. The van der Waals surface area contributed by atoms with Crippen molar-refractivity contribution >= 4 is 45.6 Å². The summed E-state index contributed by atoms with van der Waals surface area (Å²) in [5.41, 5.74) is 1.77. The molecular formula is C14H14Cl2N2OS. The van der Waals surface area contributed by atoms with E-state index in [1.54, 1.807) is 12.1 Å². The summed E-state index contributed by atoms with van der Waals surface area (Å²) in [4.78, 5) is 16.8. The second-order valence-electron chi connectivity index (χ2n) is 4.35. The maximum absolute atomic E-state index is 11.1. The standard InChI is InChI=1S/C14H14Cl2N2OS/c1-3-4-12-13(18-14(20-12)17-8(2)19)9-5-6-10(15)11(16)7-9/h5-7H,3-4H2,1-2H3,(H,17,18,19). The molecule has 0 fully saturated rings. The van der Waals surface area contributed by atoms with Gasteiger partial charge in [0.2, 0.25) is 5.91 Å². The van der Waals surface area contributed by atoms with Gasteiger partial charge in [-0.25, -0.2) is 4.98 Å². The lowest BCUT2D eigenvalue weighted by Gasteiger charge is -2.03. The zero-order valence-corrected chi connectivity index (χ0v) is 13.5. The summed E-state index contributed by atoms with van der Waals surface area (Å²) in [6.07, 6.45) is 1.92. The van der Waals surface area contributed by atoms with E-state index in [-0.39, 0.29) is 5.91 Å². The average Bonchev–Trinajstić information content (AvgIpc) is 2.75. The molecule has 0 radical (unpaired) electrons. The normalized spacial score (nSPS) is 10.6. The van der Waals surface area contributed by atoms with Gasteiger partial charge >= 0.3 is 0 Å². The predicted molar refractivity (Wildman–Crippen MR) is 85.9 cm³/mol. The highest BCUT2D eigenvalue weighted by Gasteiger charge is 2.14. The van der Waals surface area contributed by atoms with Crippen molar-refractivity contribution in [1.29, 1.82) is 0 Å². The number of hydrogen-bond donors (Lipinski definition) is 1. The summed E-state index contributed by atoms with van der Waals surface area (Å²) in [7, 11) is 0. The fourth-order valence-electron chi connectivity index (χ4n) is 1.82. The van der Waals surface area contributed by atoms with Crippen LogP contribution in [0.1, 0.15) is 25.1 Å². The third-order valence-electron chi connectivity index (χ3n) is 2.65. The quantitative estimate of drug-likeness (QED) is 0.855. The topological polar surface area (TPSA) is 42.0 Å². The predicted octanol–water partition coefficient (Wildman–Crippen LogP) is 5.03. The van der Waals surface area contributed by atoms with Crippen LogP contribution in [0.25, 0.3) is 11.3 Å². The van der Waals surface area contributed by atoms with E-state index in [1.807, 2.05) is 6.07 Å². The summed E-state index contributed by atoms with van der Waals surface area (Å²) in [5.74, 6) is -0.123. The van der Waals surface area contributed by atoms with E-state index in [9.17, 15) is 4.79 Å². The minimum absolute atomic E-state index is 0.123. The van der Waals surface area contributed by atoms with Gasteiger partial charge in [0.25, 0.3) is 0 Å². The number of nitrogens with one attached hydrogen (secondary N) is 1. The van der Waals surface area contributed by atoms with E-state index in [2.05, 4.69) is 17.2 Å². The molecule has 0 bridgehead atoms. The summed E-state index contributed by atoms with van der Waals surface area (Å²) >= 11 is 13.5. The molecule has 0 aliphatic heterocycles. The molecule has 0 spiro atoms. The van der Waals surface area contributed by atoms with Gasteiger partial charge in [-0.05, 0) is 18.6 Å². The molecule has 1 aromatic heterocycles. The molecule has 0 unspecified atom stereocenters. The monoisotopic (exact) mass is 328 g/mol. The van der Waals surface area contributed by atoms with Crippen LogP contribution in [0.2, 0.25) is 10.0 Å². The van der Waals surface area contributed by atoms with Crippen molar-refractivity contribution in [2.45, 2.75) is 26.7 Å². The lowest BCUT2D eigenvalue weighted by Crippen LogP contribution is -2.04. The second kappa shape index (κ2) is 6.57. The van der Waals surface area contributed by atoms with Crippen LogP contribution in [-0.2, 0) is 11.2 Å². The minimum atomic E-state index is -0.123. The zero-order chi connectivity index (χ0) is 14.7. The van der Waals surface area contributed by atoms with Crippen molar-refractivity contribution < 1.29 is 4.79 Å². The Bertz CT molecular complexity index is 640. The summed E-state index contributed by atoms with van der Waals surface area (Å²) in [5, 5.41) is 4.36. The Morgan fingerprint density at radius 2 is 2.10 bits per heavy atom. The third kappa shape index (κ3) is 3.51. The fraction of sp³-hybridized carbons (Fsp3) is 0.286. The number of anilines is 1. The molecule has 1 amide bonds. The molecule has 1 aromatic carbocycles. The average molecular weight is 329 g/mol. The molecule has 20 heavy (non-hydrogen) atoms. The Labute approximate surface area is 131 Å². The third-order valence-corrected chi connectivity index (χ3v) is 4.42. The summed E-state index contributed by atoms with van der Waals surface area (Å²) < 4.78 is 0. The van der Waals surface area contributed by atoms with Crippen molar-refractivity contribution in [3.05, 3.63) is 33.1 Å². The number of aryl methyl sites for hydroxylation is 1. The van der Waals surface area contributed by atoms with Crippen LogP contribution in [0.5, 0.6) is 0 Å². The SMILES string of the molecule is CCCc1sc(NC(C)=O)nc1-c1ccc(Cl)c(Cl)c1. The van der Waals surface area contributed by atoms with Crippen LogP contribution in [0.4, 0.5) is 5.13 Å². The number of nitrogens with zero attached hydrogens (tertiary/aromatic N) is 1. The van der Waals surface area contributed by atoms with E-state index in [4.69, 9.17) is 23.2 Å². The first kappa shape index (κ1) is 15.3. The molecule has 0 saturated carbocycles. The summed E-state index contributed by atoms with van der Waals surface area (Å²) in [6.45, 7) is 3.58. The fourth-order valence-corrected chi connectivity index (χ4v) is 3.25. The number of rotatable bonds is 4. The van der Waals surface area contributed by atoms with Crippen LogP contribution in [0, 0.1) is 0 Å². The van der Waals surface area contributed by atoms with Gasteiger partial charge in [0.1, 0.15) is 0 Å². The first-order chi connectivity index (χ1) is 9.51. The van der Waals surface area contributed by atoms with E-state index in [0.717, 1.165) is 29.0 Å². The van der Waals surface area contributed by atoms with Crippen LogP contribution in [0.3, 0.4) is 0 Å². The van der Waals surface area contributed by atoms with E-state index >= 15 is 0 Å². The first-order valence-electron chi connectivity index (χ1n) is 6.24. The highest BCUT2D eigenvalue weighted by molar-refractivity contribution is 7.16. The van der Waals surface area contributed by atoms with Crippen LogP contribution < -0.4 is 5.32 Å². The molecule has 3 nitrogen and oxygen atoms in total. The number of halogens is 2. The lowest BCUT2D eigenvalue weighted by molar-refractivity contribution is -0.114. The Kier molecular flexibility index (Phi) is 5.02. The van der Waals surface area contributed by atoms with Crippen molar-refractivity contribution in [1.82, 2.24) is 4.98 Å². The van der Waals surface area contributed by atoms with Gasteiger partial charge in [-0.2, -0.15) is 0 Å². The lowest BCUT2D eigenvalue weighted by atomic mass is 10.1. The smallest absolute Gasteiger partial charge is 0.223 e. The molecule has 0 aliphatic carbocycles. The molecule has 1 N–H and O–H groups in total. The number of benzene rings is 1.